The van der Waals surface area contributed by atoms with Crippen LogP contribution >= 0.6 is 23.1 Å². The van der Waals surface area contributed by atoms with Gasteiger partial charge in [-0.1, -0.05) is 6.58 Å². The van der Waals surface area contributed by atoms with E-state index in [1.54, 1.807) is 11.3 Å². The van der Waals surface area contributed by atoms with Gasteiger partial charge in [-0.05, 0) is 17.7 Å². The Kier molecular flexibility index (Phi) is 2.74. The summed E-state index contributed by atoms with van der Waals surface area (Å²) in [6.45, 7) is 3.63. The quantitative estimate of drug-likeness (QED) is 0.761. The molecule has 76 valence electrons. The number of nitrogens with one attached hydrogen (secondary N) is 1. The average Bonchev–Trinajstić information content (AvgIpc) is 2.55. The summed E-state index contributed by atoms with van der Waals surface area (Å²) in [6, 6.07) is 0. The number of hydrogen-bond donors (Lipinski definition) is 2. The van der Waals surface area contributed by atoms with Gasteiger partial charge >= 0.3 is 0 Å². The SMILES string of the molecule is C=C(O)c1c(NC)sc2c1CCSC2. The summed E-state index contributed by atoms with van der Waals surface area (Å²) in [4.78, 5) is 1.39. The van der Waals surface area contributed by atoms with E-state index in [1.807, 2.05) is 18.8 Å². The third-order valence-corrected chi connectivity index (χ3v) is 4.75. The van der Waals surface area contributed by atoms with Crippen molar-refractivity contribution in [2.75, 3.05) is 18.1 Å². The second-order valence-electron chi connectivity index (χ2n) is 3.21. The van der Waals surface area contributed by atoms with Crippen molar-refractivity contribution < 1.29 is 5.11 Å². The Morgan fingerprint density at radius 1 is 1.57 bits per heavy atom. The van der Waals surface area contributed by atoms with Gasteiger partial charge in [0.15, 0.2) is 0 Å². The molecule has 4 heteroatoms. The van der Waals surface area contributed by atoms with Crippen LogP contribution in [0.1, 0.15) is 16.0 Å². The molecule has 0 bridgehead atoms. The van der Waals surface area contributed by atoms with Gasteiger partial charge < -0.3 is 10.4 Å². The number of thiophene rings is 1. The maximum absolute atomic E-state index is 9.55. The Balaban J connectivity index is 2.53. The molecule has 0 aliphatic carbocycles. The van der Waals surface area contributed by atoms with Crippen LogP contribution in [0.25, 0.3) is 5.76 Å². The van der Waals surface area contributed by atoms with Crippen molar-refractivity contribution in [1.82, 2.24) is 0 Å². The van der Waals surface area contributed by atoms with Crippen LogP contribution in [0.3, 0.4) is 0 Å². The van der Waals surface area contributed by atoms with Crippen molar-refractivity contribution >= 4 is 33.9 Å². The van der Waals surface area contributed by atoms with Crippen LogP contribution < -0.4 is 5.32 Å². The molecule has 0 unspecified atom stereocenters. The Morgan fingerprint density at radius 2 is 2.36 bits per heavy atom. The molecule has 0 atom stereocenters. The van der Waals surface area contributed by atoms with Gasteiger partial charge in [0.25, 0.3) is 0 Å². The molecule has 0 aromatic carbocycles. The molecule has 2 heterocycles. The molecular weight excluding hydrogens is 214 g/mol. The first-order valence-electron chi connectivity index (χ1n) is 4.52. The van der Waals surface area contributed by atoms with Crippen molar-refractivity contribution in [3.05, 3.63) is 22.6 Å². The number of rotatable bonds is 2. The molecule has 0 spiro atoms. The highest BCUT2D eigenvalue weighted by molar-refractivity contribution is 7.98. The molecule has 0 saturated carbocycles. The van der Waals surface area contributed by atoms with Crippen LogP contribution in [-0.2, 0) is 12.2 Å². The summed E-state index contributed by atoms with van der Waals surface area (Å²) in [7, 11) is 1.89. The minimum Gasteiger partial charge on any atom is -0.508 e. The van der Waals surface area contributed by atoms with Gasteiger partial charge in [-0.15, -0.1) is 11.3 Å². The largest absolute Gasteiger partial charge is 0.508 e. The van der Waals surface area contributed by atoms with Crippen LogP contribution in [0.15, 0.2) is 6.58 Å². The molecule has 0 amide bonds. The number of aliphatic hydroxyl groups is 1. The molecule has 14 heavy (non-hydrogen) atoms. The third kappa shape index (κ3) is 1.53. The summed E-state index contributed by atoms with van der Waals surface area (Å²) in [5.74, 6) is 2.41. The monoisotopic (exact) mass is 227 g/mol. The summed E-state index contributed by atoms with van der Waals surface area (Å²) >= 11 is 3.69. The van der Waals surface area contributed by atoms with Gasteiger partial charge in [0.1, 0.15) is 5.76 Å². The summed E-state index contributed by atoms with van der Waals surface area (Å²) in [5.41, 5.74) is 2.23. The highest BCUT2D eigenvalue weighted by atomic mass is 32.2. The van der Waals surface area contributed by atoms with E-state index in [0.717, 1.165) is 28.5 Å². The first-order valence-corrected chi connectivity index (χ1v) is 6.49. The highest BCUT2D eigenvalue weighted by Crippen LogP contribution is 2.41. The van der Waals surface area contributed by atoms with Gasteiger partial charge in [0, 0.05) is 17.7 Å². The van der Waals surface area contributed by atoms with Gasteiger partial charge in [-0.25, -0.2) is 0 Å². The molecule has 2 N–H and O–H groups in total. The number of thioether (sulfide) groups is 1. The lowest BCUT2D eigenvalue weighted by Gasteiger charge is -2.11. The van der Waals surface area contributed by atoms with E-state index in [1.165, 1.54) is 10.4 Å². The molecule has 1 aromatic heterocycles. The molecule has 1 aliphatic rings. The predicted octanol–water partition coefficient (Wildman–Crippen LogP) is 3.11. The minimum atomic E-state index is 0.193. The smallest absolute Gasteiger partial charge is 0.118 e. The Hall–Kier alpha value is -0.610. The van der Waals surface area contributed by atoms with Crippen molar-refractivity contribution in [2.24, 2.45) is 0 Å². The third-order valence-electron chi connectivity index (χ3n) is 2.34. The molecule has 2 nitrogen and oxygen atoms in total. The van der Waals surface area contributed by atoms with E-state index in [2.05, 4.69) is 11.9 Å². The lowest BCUT2D eigenvalue weighted by Crippen LogP contribution is -2.01. The number of aliphatic hydroxyl groups excluding tert-OH is 1. The predicted molar refractivity (Wildman–Crippen MR) is 65.4 cm³/mol. The zero-order valence-corrected chi connectivity index (χ0v) is 9.73. The lowest BCUT2D eigenvalue weighted by molar-refractivity contribution is 0.513. The zero-order valence-electron chi connectivity index (χ0n) is 8.09. The maximum atomic E-state index is 9.55. The second-order valence-corrected chi connectivity index (χ2v) is 5.42. The molecule has 0 saturated heterocycles. The van der Waals surface area contributed by atoms with Crippen LogP contribution in [0.5, 0.6) is 0 Å². The molecular formula is C10H13NOS2. The van der Waals surface area contributed by atoms with Crippen molar-refractivity contribution in [3.63, 3.8) is 0 Å². The average molecular weight is 227 g/mol. The topological polar surface area (TPSA) is 32.3 Å². The van der Waals surface area contributed by atoms with Crippen LogP contribution in [0.2, 0.25) is 0 Å². The zero-order chi connectivity index (χ0) is 10.1. The summed E-state index contributed by atoms with van der Waals surface area (Å²) < 4.78 is 0. The van der Waals surface area contributed by atoms with Crippen LogP contribution in [-0.4, -0.2) is 17.9 Å². The van der Waals surface area contributed by atoms with E-state index in [0.29, 0.717) is 0 Å². The summed E-state index contributed by atoms with van der Waals surface area (Å²) in [5, 5.41) is 13.7. The van der Waals surface area contributed by atoms with Gasteiger partial charge in [-0.3, -0.25) is 0 Å². The van der Waals surface area contributed by atoms with E-state index in [-0.39, 0.29) is 5.76 Å². The molecule has 0 radical (unpaired) electrons. The van der Waals surface area contributed by atoms with Gasteiger partial charge in [0.05, 0.1) is 10.6 Å². The fraction of sp³-hybridized carbons (Fsp3) is 0.400. The standard InChI is InChI=1S/C10H13NOS2/c1-6(12)9-7-3-4-13-5-8(7)14-10(9)11-2/h11-12H,1,3-5H2,2H3. The highest BCUT2D eigenvalue weighted by Gasteiger charge is 2.21. The normalized spacial score (nSPS) is 14.9. The molecule has 1 aliphatic heterocycles. The fourth-order valence-corrected chi connectivity index (χ4v) is 4.07. The van der Waals surface area contributed by atoms with Crippen LogP contribution in [0, 0.1) is 0 Å². The molecule has 0 fully saturated rings. The number of fused-ring (bicyclic) bond motifs is 1. The Morgan fingerprint density at radius 3 is 3.00 bits per heavy atom. The fourth-order valence-electron chi connectivity index (χ4n) is 1.71. The minimum absolute atomic E-state index is 0.193. The number of anilines is 1. The van der Waals surface area contributed by atoms with Gasteiger partial charge in [-0.2, -0.15) is 11.8 Å². The molecule has 1 aromatic rings. The Bertz CT molecular complexity index is 370. The van der Waals surface area contributed by atoms with Gasteiger partial charge in [0.2, 0.25) is 0 Å². The van der Waals surface area contributed by atoms with Crippen molar-refractivity contribution in [2.45, 2.75) is 12.2 Å². The summed E-state index contributed by atoms with van der Waals surface area (Å²) in [6.07, 6.45) is 1.05. The van der Waals surface area contributed by atoms with E-state index in [4.69, 9.17) is 0 Å². The van der Waals surface area contributed by atoms with E-state index < -0.39 is 0 Å². The van der Waals surface area contributed by atoms with Crippen LogP contribution in [0.4, 0.5) is 5.00 Å². The maximum Gasteiger partial charge on any atom is 0.118 e. The van der Waals surface area contributed by atoms with E-state index >= 15 is 0 Å². The first-order chi connectivity index (χ1) is 6.74. The first kappa shape index (κ1) is 9.93. The number of hydrogen-bond acceptors (Lipinski definition) is 4. The molecule has 2 rings (SSSR count). The van der Waals surface area contributed by atoms with Crippen molar-refractivity contribution in [1.29, 1.82) is 0 Å². The van der Waals surface area contributed by atoms with Crippen molar-refractivity contribution in [3.8, 4) is 0 Å². The Labute approximate surface area is 92.0 Å². The second kappa shape index (κ2) is 3.87. The van der Waals surface area contributed by atoms with E-state index in [9.17, 15) is 5.11 Å². The lowest BCUT2D eigenvalue weighted by atomic mass is 10.1.